The van der Waals surface area contributed by atoms with Crippen LogP contribution in [0.1, 0.15) is 20.3 Å². The van der Waals surface area contributed by atoms with Crippen LogP contribution in [0, 0.1) is 5.41 Å². The Morgan fingerprint density at radius 3 is 2.43 bits per heavy atom. The SMILES string of the molecule is CCC(C)NC(=O)C1(C(=O)O)COC1. The van der Waals surface area contributed by atoms with E-state index in [1.165, 1.54) is 0 Å². The van der Waals surface area contributed by atoms with Gasteiger partial charge < -0.3 is 15.2 Å². The van der Waals surface area contributed by atoms with Crippen LogP contribution in [0.15, 0.2) is 0 Å². The summed E-state index contributed by atoms with van der Waals surface area (Å²) in [6.07, 6.45) is 0.780. The summed E-state index contributed by atoms with van der Waals surface area (Å²) >= 11 is 0. The topological polar surface area (TPSA) is 75.6 Å². The monoisotopic (exact) mass is 201 g/mol. The highest BCUT2D eigenvalue weighted by atomic mass is 16.5. The van der Waals surface area contributed by atoms with Crippen molar-refractivity contribution in [3.05, 3.63) is 0 Å². The normalized spacial score (nSPS) is 20.7. The van der Waals surface area contributed by atoms with E-state index in [1.807, 2.05) is 13.8 Å². The Morgan fingerprint density at radius 2 is 2.14 bits per heavy atom. The zero-order chi connectivity index (χ0) is 10.8. The van der Waals surface area contributed by atoms with Crippen LogP contribution >= 0.6 is 0 Å². The van der Waals surface area contributed by atoms with Crippen molar-refractivity contribution in [1.82, 2.24) is 5.32 Å². The lowest BCUT2D eigenvalue weighted by molar-refractivity contribution is -0.185. The van der Waals surface area contributed by atoms with Crippen LogP contribution in [-0.2, 0) is 14.3 Å². The first-order valence-corrected chi connectivity index (χ1v) is 4.65. The van der Waals surface area contributed by atoms with E-state index in [9.17, 15) is 9.59 Å². The summed E-state index contributed by atoms with van der Waals surface area (Å²) in [5, 5.41) is 11.6. The number of hydrogen-bond acceptors (Lipinski definition) is 3. The van der Waals surface area contributed by atoms with E-state index in [0.29, 0.717) is 0 Å². The number of hydrogen-bond donors (Lipinski definition) is 2. The van der Waals surface area contributed by atoms with Crippen molar-refractivity contribution in [2.45, 2.75) is 26.3 Å². The van der Waals surface area contributed by atoms with E-state index >= 15 is 0 Å². The van der Waals surface area contributed by atoms with Crippen LogP contribution in [-0.4, -0.2) is 36.2 Å². The molecule has 1 saturated heterocycles. The minimum atomic E-state index is -1.34. The zero-order valence-corrected chi connectivity index (χ0v) is 8.37. The quantitative estimate of drug-likeness (QED) is 0.628. The Hall–Kier alpha value is -1.10. The van der Waals surface area contributed by atoms with E-state index in [1.54, 1.807) is 0 Å². The van der Waals surface area contributed by atoms with Gasteiger partial charge in [-0.05, 0) is 13.3 Å². The minimum absolute atomic E-state index is 0.000625. The summed E-state index contributed by atoms with van der Waals surface area (Å²) in [4.78, 5) is 22.5. The van der Waals surface area contributed by atoms with Gasteiger partial charge in [-0.3, -0.25) is 9.59 Å². The lowest BCUT2D eigenvalue weighted by Crippen LogP contribution is -2.60. The highest BCUT2D eigenvalue weighted by Crippen LogP contribution is 2.28. The smallest absolute Gasteiger partial charge is 0.324 e. The molecule has 0 aromatic rings. The number of carboxylic acid groups (broad SMARTS) is 1. The van der Waals surface area contributed by atoms with E-state index in [2.05, 4.69) is 5.32 Å². The molecule has 0 saturated carbocycles. The van der Waals surface area contributed by atoms with Crippen molar-refractivity contribution in [2.75, 3.05) is 13.2 Å². The fraction of sp³-hybridized carbons (Fsp3) is 0.778. The lowest BCUT2D eigenvalue weighted by atomic mass is 9.85. The maximum absolute atomic E-state index is 11.6. The third-order valence-electron chi connectivity index (χ3n) is 2.53. The number of carboxylic acids is 1. The molecule has 5 heteroatoms. The average Bonchev–Trinajstić information content (AvgIpc) is 2.00. The fourth-order valence-corrected chi connectivity index (χ4v) is 1.12. The Bertz CT molecular complexity index is 247. The van der Waals surface area contributed by atoms with Gasteiger partial charge >= 0.3 is 5.97 Å². The molecule has 14 heavy (non-hydrogen) atoms. The third kappa shape index (κ3) is 1.72. The lowest BCUT2D eigenvalue weighted by Gasteiger charge is -2.36. The zero-order valence-electron chi connectivity index (χ0n) is 8.37. The van der Waals surface area contributed by atoms with E-state index in [0.717, 1.165) is 6.42 Å². The molecule has 0 aliphatic carbocycles. The number of carbonyl (C=O) groups excluding carboxylic acids is 1. The third-order valence-corrected chi connectivity index (χ3v) is 2.53. The molecule has 1 unspecified atom stereocenters. The largest absolute Gasteiger partial charge is 0.480 e. The van der Waals surface area contributed by atoms with Gasteiger partial charge in [-0.2, -0.15) is 0 Å². The summed E-state index contributed by atoms with van der Waals surface area (Å²) in [6.45, 7) is 3.72. The van der Waals surface area contributed by atoms with Gasteiger partial charge in [0.1, 0.15) is 0 Å². The van der Waals surface area contributed by atoms with Crippen LogP contribution in [0.4, 0.5) is 0 Å². The molecule has 1 amide bonds. The van der Waals surface area contributed by atoms with Gasteiger partial charge in [0.15, 0.2) is 5.41 Å². The molecule has 0 radical (unpaired) electrons. The number of carbonyl (C=O) groups is 2. The van der Waals surface area contributed by atoms with Gasteiger partial charge in [0, 0.05) is 6.04 Å². The summed E-state index contributed by atoms with van der Waals surface area (Å²) in [7, 11) is 0. The fourth-order valence-electron chi connectivity index (χ4n) is 1.12. The Labute approximate surface area is 82.4 Å². The first kappa shape index (κ1) is 11.0. The second-order valence-corrected chi connectivity index (χ2v) is 3.66. The van der Waals surface area contributed by atoms with Crippen molar-refractivity contribution in [3.63, 3.8) is 0 Å². The molecule has 0 aromatic heterocycles. The highest BCUT2D eigenvalue weighted by molar-refractivity contribution is 6.03. The van der Waals surface area contributed by atoms with E-state index < -0.39 is 17.3 Å². The summed E-state index contributed by atoms with van der Waals surface area (Å²) < 4.78 is 4.79. The van der Waals surface area contributed by atoms with Crippen molar-refractivity contribution in [1.29, 1.82) is 0 Å². The van der Waals surface area contributed by atoms with Crippen LogP contribution in [0.3, 0.4) is 0 Å². The van der Waals surface area contributed by atoms with Gasteiger partial charge in [-0.25, -0.2) is 0 Å². The van der Waals surface area contributed by atoms with Crippen molar-refractivity contribution < 1.29 is 19.4 Å². The van der Waals surface area contributed by atoms with Gasteiger partial charge in [0.25, 0.3) is 0 Å². The van der Waals surface area contributed by atoms with Crippen LogP contribution in [0.25, 0.3) is 0 Å². The molecule has 1 aliphatic heterocycles. The van der Waals surface area contributed by atoms with Gasteiger partial charge in [-0.1, -0.05) is 6.92 Å². The molecule has 1 heterocycles. The first-order chi connectivity index (χ1) is 6.53. The number of aliphatic carboxylic acids is 1. The molecule has 0 spiro atoms. The molecule has 1 atom stereocenters. The molecule has 80 valence electrons. The first-order valence-electron chi connectivity index (χ1n) is 4.65. The maximum atomic E-state index is 11.6. The summed E-state index contributed by atoms with van der Waals surface area (Å²) in [5.41, 5.74) is -1.34. The minimum Gasteiger partial charge on any atom is -0.480 e. The van der Waals surface area contributed by atoms with E-state index in [-0.39, 0.29) is 19.3 Å². The second-order valence-electron chi connectivity index (χ2n) is 3.66. The van der Waals surface area contributed by atoms with Crippen molar-refractivity contribution in [2.24, 2.45) is 5.41 Å². The molecule has 0 bridgehead atoms. The predicted octanol–water partition coefficient (Wildman–Crippen LogP) is 0.00230. The van der Waals surface area contributed by atoms with Gasteiger partial charge in [0.2, 0.25) is 5.91 Å². The molecule has 1 fully saturated rings. The van der Waals surface area contributed by atoms with Crippen molar-refractivity contribution in [3.8, 4) is 0 Å². The van der Waals surface area contributed by atoms with E-state index in [4.69, 9.17) is 9.84 Å². The van der Waals surface area contributed by atoms with Crippen LogP contribution < -0.4 is 5.32 Å². The molecule has 5 nitrogen and oxygen atoms in total. The molecule has 0 aromatic carbocycles. The summed E-state index contributed by atoms with van der Waals surface area (Å²) in [6, 6.07) is -0.000625. The highest BCUT2D eigenvalue weighted by Gasteiger charge is 2.53. The molecule has 2 N–H and O–H groups in total. The van der Waals surface area contributed by atoms with Crippen molar-refractivity contribution >= 4 is 11.9 Å². The number of rotatable bonds is 4. The Balaban J connectivity index is 2.62. The predicted molar refractivity (Wildman–Crippen MR) is 48.8 cm³/mol. The van der Waals surface area contributed by atoms with Crippen LogP contribution in [0.2, 0.25) is 0 Å². The Kier molecular flexibility index (Phi) is 3.10. The Morgan fingerprint density at radius 1 is 1.57 bits per heavy atom. The average molecular weight is 201 g/mol. The number of amides is 1. The maximum Gasteiger partial charge on any atom is 0.324 e. The number of ether oxygens (including phenoxy) is 1. The standard InChI is InChI=1S/C9H15NO4/c1-3-6(2)10-7(11)9(8(12)13)4-14-5-9/h6H,3-5H2,1-2H3,(H,10,11)(H,12,13). The molecular formula is C9H15NO4. The molecular weight excluding hydrogens is 186 g/mol. The van der Waals surface area contributed by atoms with Gasteiger partial charge in [0.05, 0.1) is 13.2 Å². The van der Waals surface area contributed by atoms with Gasteiger partial charge in [-0.15, -0.1) is 0 Å². The van der Waals surface area contributed by atoms with Crippen LogP contribution in [0.5, 0.6) is 0 Å². The molecule has 1 rings (SSSR count). The summed E-state index contributed by atoms with van der Waals surface area (Å²) in [5.74, 6) is -1.55. The number of nitrogens with one attached hydrogen (secondary N) is 1. The molecule has 1 aliphatic rings. The second kappa shape index (κ2) is 3.96.